The van der Waals surface area contributed by atoms with Gasteiger partial charge in [-0.15, -0.1) is 0 Å². The highest BCUT2D eigenvalue weighted by Gasteiger charge is 2.38. The van der Waals surface area contributed by atoms with Gasteiger partial charge >= 0.3 is 6.18 Å². The maximum Gasteiger partial charge on any atom is 0.432 e. The molecule has 0 bridgehead atoms. The second-order valence-electron chi connectivity index (χ2n) is 4.84. The lowest BCUT2D eigenvalue weighted by atomic mass is 9.98. The van der Waals surface area contributed by atoms with Gasteiger partial charge in [0.25, 0.3) is 0 Å². The molecule has 1 atom stereocenters. The van der Waals surface area contributed by atoms with Crippen molar-refractivity contribution in [1.29, 1.82) is 0 Å². The first kappa shape index (κ1) is 13.3. The minimum absolute atomic E-state index is 0.363. The normalized spacial score (nSPS) is 27.4. The fraction of sp³-hybridized carbons (Fsp3) is 0.667. The molecule has 0 N–H and O–H groups in total. The van der Waals surface area contributed by atoms with Gasteiger partial charge in [0.1, 0.15) is 5.71 Å². The zero-order valence-electron chi connectivity index (χ0n) is 10.1. The average Bonchev–Trinajstić information content (AvgIpc) is 2.29. The van der Waals surface area contributed by atoms with Crippen molar-refractivity contribution >= 4 is 11.5 Å². The van der Waals surface area contributed by atoms with Gasteiger partial charge in [-0.25, -0.2) is 0 Å². The topological polar surface area (TPSA) is 32.7 Å². The highest BCUT2D eigenvalue weighted by atomic mass is 19.4. The molecule has 3 nitrogen and oxygen atoms in total. The number of alkyl halides is 3. The number of hydrogen-bond donors (Lipinski definition) is 0. The fourth-order valence-corrected chi connectivity index (χ4v) is 2.19. The Bertz CT molecular complexity index is 393. The third kappa shape index (κ3) is 2.80. The molecule has 2 aliphatic rings. The Labute approximate surface area is 103 Å². The van der Waals surface area contributed by atoms with Crippen molar-refractivity contribution in [3.05, 3.63) is 12.2 Å². The van der Waals surface area contributed by atoms with Crippen LogP contribution in [0.5, 0.6) is 0 Å². The monoisotopic (exact) mass is 260 g/mol. The molecule has 1 unspecified atom stereocenters. The number of carbonyl (C=O) groups excluding carboxylic acids is 1. The highest BCUT2D eigenvalue weighted by molar-refractivity contribution is 6.09. The van der Waals surface area contributed by atoms with Gasteiger partial charge in [-0.05, 0) is 30.9 Å². The molecule has 18 heavy (non-hydrogen) atoms. The van der Waals surface area contributed by atoms with E-state index in [0.29, 0.717) is 19.0 Å². The van der Waals surface area contributed by atoms with E-state index in [0.717, 1.165) is 25.0 Å². The molecule has 6 heteroatoms. The third-order valence-electron chi connectivity index (χ3n) is 3.38. The molecule has 0 aromatic rings. The van der Waals surface area contributed by atoms with Crippen molar-refractivity contribution in [2.24, 2.45) is 10.9 Å². The lowest BCUT2D eigenvalue weighted by molar-refractivity contribution is -0.120. The largest absolute Gasteiger partial charge is 0.432 e. The minimum atomic E-state index is -4.49. The summed E-state index contributed by atoms with van der Waals surface area (Å²) in [6.07, 6.45) is -1.95. The van der Waals surface area contributed by atoms with E-state index in [4.69, 9.17) is 0 Å². The van der Waals surface area contributed by atoms with Crippen molar-refractivity contribution in [1.82, 2.24) is 4.90 Å². The third-order valence-corrected chi connectivity index (χ3v) is 3.38. The van der Waals surface area contributed by atoms with Gasteiger partial charge in [0, 0.05) is 13.1 Å². The maximum absolute atomic E-state index is 12.6. The zero-order valence-corrected chi connectivity index (χ0v) is 10.1. The maximum atomic E-state index is 12.6. The van der Waals surface area contributed by atoms with E-state index in [1.54, 1.807) is 4.90 Å². The molecule has 0 spiro atoms. The summed E-state index contributed by atoms with van der Waals surface area (Å²) in [5.74, 6) is 0.194. The quantitative estimate of drug-likeness (QED) is 0.724. The van der Waals surface area contributed by atoms with Crippen molar-refractivity contribution in [3.8, 4) is 0 Å². The van der Waals surface area contributed by atoms with Crippen LogP contribution in [0.1, 0.15) is 19.8 Å². The molecule has 1 saturated heterocycles. The van der Waals surface area contributed by atoms with Gasteiger partial charge < -0.3 is 0 Å². The molecule has 0 amide bonds. The van der Waals surface area contributed by atoms with Crippen LogP contribution in [0.4, 0.5) is 13.2 Å². The average molecular weight is 260 g/mol. The summed E-state index contributed by atoms with van der Waals surface area (Å²) in [4.78, 5) is 16.9. The Morgan fingerprint density at radius 3 is 2.44 bits per heavy atom. The molecule has 0 radical (unpaired) electrons. The highest BCUT2D eigenvalue weighted by Crippen LogP contribution is 2.25. The molecule has 100 valence electrons. The number of allylic oxidation sites excluding steroid dienone is 1. The van der Waals surface area contributed by atoms with Crippen molar-refractivity contribution in [2.75, 3.05) is 13.1 Å². The van der Waals surface area contributed by atoms with Crippen LogP contribution in [0.2, 0.25) is 0 Å². The first-order valence-electron chi connectivity index (χ1n) is 5.99. The second-order valence-corrected chi connectivity index (χ2v) is 4.84. The van der Waals surface area contributed by atoms with Gasteiger partial charge in [-0.3, -0.25) is 14.7 Å². The van der Waals surface area contributed by atoms with E-state index in [2.05, 4.69) is 11.9 Å². The number of dihydropyridines is 1. The molecule has 1 fully saturated rings. The molecule has 2 heterocycles. The number of halogens is 3. The van der Waals surface area contributed by atoms with Crippen LogP contribution < -0.4 is 0 Å². The van der Waals surface area contributed by atoms with Crippen molar-refractivity contribution in [2.45, 2.75) is 32.1 Å². The summed E-state index contributed by atoms with van der Waals surface area (Å²) in [7, 11) is 0. The van der Waals surface area contributed by atoms with E-state index in [-0.39, 0.29) is 5.78 Å². The molecule has 0 aromatic heterocycles. The number of rotatable bonds is 1. The SMILES string of the molecule is CC1CCN(C2N=C(C(F)(F)F)C=CC2=O)CC1. The Morgan fingerprint density at radius 2 is 1.89 bits per heavy atom. The fourth-order valence-electron chi connectivity index (χ4n) is 2.19. The van der Waals surface area contributed by atoms with Crippen LogP contribution in [-0.2, 0) is 4.79 Å². The van der Waals surface area contributed by atoms with E-state index >= 15 is 0 Å². The number of carbonyl (C=O) groups is 1. The molecule has 2 rings (SSSR count). The number of hydrogen-bond acceptors (Lipinski definition) is 3. The minimum Gasteiger partial charge on any atom is -0.291 e. The van der Waals surface area contributed by atoms with E-state index < -0.39 is 18.1 Å². The van der Waals surface area contributed by atoms with Gasteiger partial charge in [0.05, 0.1) is 0 Å². The van der Waals surface area contributed by atoms with Crippen LogP contribution in [0.25, 0.3) is 0 Å². The van der Waals surface area contributed by atoms with Gasteiger partial charge in [0.15, 0.2) is 11.9 Å². The molecular weight excluding hydrogens is 245 g/mol. The number of likely N-dealkylation sites (tertiary alicyclic amines) is 1. The van der Waals surface area contributed by atoms with Crippen LogP contribution in [-0.4, -0.2) is 41.8 Å². The van der Waals surface area contributed by atoms with Gasteiger partial charge in [-0.1, -0.05) is 6.92 Å². The smallest absolute Gasteiger partial charge is 0.291 e. The van der Waals surface area contributed by atoms with Crippen LogP contribution >= 0.6 is 0 Å². The zero-order chi connectivity index (χ0) is 13.3. The Kier molecular flexibility index (Phi) is 3.56. The molecule has 0 aromatic carbocycles. The van der Waals surface area contributed by atoms with Crippen LogP contribution in [0, 0.1) is 5.92 Å². The predicted octanol–water partition coefficient (Wildman–Crippen LogP) is 2.19. The summed E-state index contributed by atoms with van der Waals surface area (Å²) in [5.41, 5.74) is -0.967. The molecule has 2 aliphatic heterocycles. The summed E-state index contributed by atoms with van der Waals surface area (Å²) >= 11 is 0. The Balaban J connectivity index is 2.14. The molecule has 0 aliphatic carbocycles. The van der Waals surface area contributed by atoms with Gasteiger partial charge in [-0.2, -0.15) is 13.2 Å². The standard InChI is InChI=1S/C12H15F3N2O/c1-8-4-6-17(7-5-8)11-9(18)2-3-10(16-11)12(13,14)15/h2-3,8,11H,4-7H2,1H3. The predicted molar refractivity (Wildman–Crippen MR) is 61.4 cm³/mol. The van der Waals surface area contributed by atoms with Gasteiger partial charge in [0.2, 0.25) is 0 Å². The number of ketones is 1. The summed E-state index contributed by atoms with van der Waals surface area (Å²) in [6.45, 7) is 3.35. The summed E-state index contributed by atoms with van der Waals surface area (Å²) in [6, 6.07) is 0. The number of piperidine rings is 1. The van der Waals surface area contributed by atoms with Crippen molar-refractivity contribution in [3.63, 3.8) is 0 Å². The Hall–Kier alpha value is -1.17. The summed E-state index contributed by atoms with van der Waals surface area (Å²) in [5, 5.41) is 0. The van der Waals surface area contributed by atoms with E-state index in [1.807, 2.05) is 0 Å². The number of nitrogens with zero attached hydrogens (tertiary/aromatic N) is 2. The Morgan fingerprint density at radius 1 is 1.28 bits per heavy atom. The van der Waals surface area contributed by atoms with Crippen LogP contribution in [0.3, 0.4) is 0 Å². The van der Waals surface area contributed by atoms with Crippen LogP contribution in [0.15, 0.2) is 17.1 Å². The van der Waals surface area contributed by atoms with E-state index in [1.165, 1.54) is 0 Å². The lowest BCUT2D eigenvalue weighted by Crippen LogP contribution is -2.46. The summed E-state index contributed by atoms with van der Waals surface area (Å²) < 4.78 is 37.7. The first-order valence-corrected chi connectivity index (χ1v) is 5.99. The number of aliphatic imine (C=N–C) groups is 1. The first-order chi connectivity index (χ1) is 8.38. The molecular formula is C12H15F3N2O. The second kappa shape index (κ2) is 4.84. The lowest BCUT2D eigenvalue weighted by Gasteiger charge is -2.34. The molecule has 0 saturated carbocycles. The van der Waals surface area contributed by atoms with Crippen molar-refractivity contribution < 1.29 is 18.0 Å². The van der Waals surface area contributed by atoms with E-state index in [9.17, 15) is 18.0 Å².